The summed E-state index contributed by atoms with van der Waals surface area (Å²) in [7, 11) is 0. The summed E-state index contributed by atoms with van der Waals surface area (Å²) in [5, 5.41) is 7.80. The van der Waals surface area contributed by atoms with E-state index in [-0.39, 0.29) is 5.82 Å². The number of nitrogen functional groups attached to an aromatic ring is 1. The summed E-state index contributed by atoms with van der Waals surface area (Å²) in [6, 6.07) is 0. The second kappa shape index (κ2) is 7.69. The van der Waals surface area contributed by atoms with Crippen LogP contribution in [0.4, 0.5) is 5.82 Å². The summed E-state index contributed by atoms with van der Waals surface area (Å²) in [5.74, 6) is 1.35. The predicted octanol–water partition coefficient (Wildman–Crippen LogP) is 2.60. The van der Waals surface area contributed by atoms with Crippen molar-refractivity contribution in [2.75, 3.05) is 32.0 Å². The number of pyridine rings is 1. The Hall–Kier alpha value is -2.39. The van der Waals surface area contributed by atoms with Crippen LogP contribution in [0.5, 0.6) is 5.75 Å². The molecule has 0 spiro atoms. The van der Waals surface area contributed by atoms with Gasteiger partial charge < -0.3 is 19.9 Å². The lowest BCUT2D eigenvalue weighted by Crippen LogP contribution is -2.22. The second-order valence-corrected chi connectivity index (χ2v) is 6.90. The molecule has 0 amide bonds. The third-order valence-electron chi connectivity index (χ3n) is 4.81. The fraction of sp³-hybridized carbons (Fsp3) is 0.529. The van der Waals surface area contributed by atoms with Crippen LogP contribution in [0, 0.1) is 0 Å². The first-order valence-electron chi connectivity index (χ1n) is 9.17. The molecule has 27 heavy (non-hydrogen) atoms. The Morgan fingerprint density at radius 1 is 1.30 bits per heavy atom. The van der Waals surface area contributed by atoms with E-state index in [0.29, 0.717) is 41.1 Å². The Morgan fingerprint density at radius 2 is 2.11 bits per heavy atom. The number of fused-ring (bicyclic) bond motifs is 1. The van der Waals surface area contributed by atoms with Crippen LogP contribution in [0.1, 0.15) is 26.2 Å². The SMILES string of the molecule is CCn1c(-c2nonc2N)nc2c(Cl)ncc(OCCCN3CCCC3)c21. The Balaban J connectivity index is 1.62. The minimum Gasteiger partial charge on any atom is -0.490 e. The molecule has 1 fully saturated rings. The lowest BCUT2D eigenvalue weighted by Gasteiger charge is -2.15. The van der Waals surface area contributed by atoms with E-state index >= 15 is 0 Å². The van der Waals surface area contributed by atoms with Gasteiger partial charge in [0.15, 0.2) is 28.2 Å². The minimum absolute atomic E-state index is 0.178. The van der Waals surface area contributed by atoms with Gasteiger partial charge in [-0.3, -0.25) is 0 Å². The van der Waals surface area contributed by atoms with Crippen molar-refractivity contribution in [2.45, 2.75) is 32.7 Å². The molecule has 0 radical (unpaired) electrons. The molecule has 0 aliphatic carbocycles. The molecule has 1 aliphatic heterocycles. The van der Waals surface area contributed by atoms with E-state index in [4.69, 9.17) is 26.7 Å². The quantitative estimate of drug-likeness (QED) is 0.483. The summed E-state index contributed by atoms with van der Waals surface area (Å²) in [4.78, 5) is 11.3. The maximum Gasteiger partial charge on any atom is 0.199 e. The highest BCUT2D eigenvalue weighted by Crippen LogP contribution is 2.34. The summed E-state index contributed by atoms with van der Waals surface area (Å²) >= 11 is 6.28. The van der Waals surface area contributed by atoms with Crippen molar-refractivity contribution in [2.24, 2.45) is 0 Å². The second-order valence-electron chi connectivity index (χ2n) is 6.54. The molecule has 4 rings (SSSR count). The number of nitrogens with zero attached hydrogens (tertiary/aromatic N) is 6. The van der Waals surface area contributed by atoms with Gasteiger partial charge in [0.1, 0.15) is 11.0 Å². The normalized spacial score (nSPS) is 15.0. The van der Waals surface area contributed by atoms with Gasteiger partial charge in [0.2, 0.25) is 0 Å². The number of ether oxygens (including phenoxy) is 1. The molecule has 0 atom stereocenters. The standard InChI is InChI=1S/C17H22ClN7O2/c1-2-25-14-11(26-9-5-8-24-6-3-4-7-24)10-20-15(18)12(14)21-17(25)13-16(19)23-27-22-13/h10H,2-9H2,1H3,(H2,19,23). The van der Waals surface area contributed by atoms with Gasteiger partial charge in [0, 0.05) is 13.1 Å². The van der Waals surface area contributed by atoms with Gasteiger partial charge in [-0.1, -0.05) is 11.6 Å². The molecular formula is C17H22ClN7O2. The van der Waals surface area contributed by atoms with Gasteiger partial charge in [0.25, 0.3) is 0 Å². The Kier molecular flexibility index (Phi) is 5.13. The van der Waals surface area contributed by atoms with Crippen molar-refractivity contribution in [1.29, 1.82) is 0 Å². The molecule has 1 aliphatic rings. The van der Waals surface area contributed by atoms with E-state index in [1.807, 2.05) is 11.5 Å². The molecule has 0 unspecified atom stereocenters. The maximum atomic E-state index is 6.28. The van der Waals surface area contributed by atoms with Crippen molar-refractivity contribution in [1.82, 2.24) is 29.7 Å². The highest BCUT2D eigenvalue weighted by Gasteiger charge is 2.23. The average molecular weight is 392 g/mol. The fourth-order valence-electron chi connectivity index (χ4n) is 3.51. The molecule has 2 N–H and O–H groups in total. The summed E-state index contributed by atoms with van der Waals surface area (Å²) in [5.41, 5.74) is 7.55. The summed E-state index contributed by atoms with van der Waals surface area (Å²) < 4.78 is 12.7. The molecule has 0 aromatic carbocycles. The van der Waals surface area contributed by atoms with E-state index in [9.17, 15) is 0 Å². The molecule has 10 heteroatoms. The number of rotatable bonds is 7. The van der Waals surface area contributed by atoms with Crippen LogP contribution < -0.4 is 10.5 Å². The van der Waals surface area contributed by atoms with Crippen LogP contribution in [0.3, 0.4) is 0 Å². The number of halogens is 1. The lowest BCUT2D eigenvalue weighted by molar-refractivity contribution is 0.264. The van der Waals surface area contributed by atoms with Crippen LogP contribution in [-0.2, 0) is 6.54 Å². The van der Waals surface area contributed by atoms with E-state index in [0.717, 1.165) is 18.5 Å². The van der Waals surface area contributed by atoms with Crippen molar-refractivity contribution in [3.8, 4) is 17.3 Å². The topological polar surface area (TPSA) is 108 Å². The molecular weight excluding hydrogens is 370 g/mol. The summed E-state index contributed by atoms with van der Waals surface area (Å²) in [6.45, 7) is 6.65. The first kappa shape index (κ1) is 18.0. The number of hydrogen-bond acceptors (Lipinski definition) is 8. The van der Waals surface area contributed by atoms with Crippen LogP contribution >= 0.6 is 11.6 Å². The van der Waals surface area contributed by atoms with E-state index < -0.39 is 0 Å². The first-order valence-corrected chi connectivity index (χ1v) is 9.55. The molecule has 9 nitrogen and oxygen atoms in total. The Morgan fingerprint density at radius 3 is 2.81 bits per heavy atom. The highest BCUT2D eigenvalue weighted by atomic mass is 35.5. The van der Waals surface area contributed by atoms with Crippen LogP contribution in [0.15, 0.2) is 10.8 Å². The number of aromatic nitrogens is 5. The van der Waals surface area contributed by atoms with Crippen molar-refractivity contribution < 1.29 is 9.37 Å². The van der Waals surface area contributed by atoms with Crippen LogP contribution in [0.2, 0.25) is 5.15 Å². The number of imidazole rings is 1. The van der Waals surface area contributed by atoms with Gasteiger partial charge in [-0.25, -0.2) is 14.6 Å². The van der Waals surface area contributed by atoms with Gasteiger partial charge >= 0.3 is 0 Å². The number of likely N-dealkylation sites (tertiary alicyclic amines) is 1. The third-order valence-corrected chi connectivity index (χ3v) is 5.09. The first-order chi connectivity index (χ1) is 13.2. The van der Waals surface area contributed by atoms with Gasteiger partial charge in [-0.05, 0) is 49.6 Å². The maximum absolute atomic E-state index is 6.28. The lowest BCUT2D eigenvalue weighted by atomic mass is 10.3. The zero-order chi connectivity index (χ0) is 18.8. The van der Waals surface area contributed by atoms with Crippen LogP contribution in [-0.4, -0.2) is 56.0 Å². The molecule has 144 valence electrons. The zero-order valence-corrected chi connectivity index (χ0v) is 15.9. The molecule has 3 aromatic heterocycles. The van der Waals surface area contributed by atoms with Gasteiger partial charge in [-0.15, -0.1) is 0 Å². The number of nitrogens with two attached hydrogens (primary N) is 1. The highest BCUT2D eigenvalue weighted by molar-refractivity contribution is 6.34. The van der Waals surface area contributed by atoms with Gasteiger partial charge in [-0.2, -0.15) is 0 Å². The number of hydrogen-bond donors (Lipinski definition) is 1. The Bertz CT molecular complexity index is 933. The monoisotopic (exact) mass is 391 g/mol. The Labute approximate surface area is 161 Å². The summed E-state index contributed by atoms with van der Waals surface area (Å²) in [6.07, 6.45) is 5.18. The fourth-order valence-corrected chi connectivity index (χ4v) is 3.69. The third kappa shape index (κ3) is 3.44. The predicted molar refractivity (Wildman–Crippen MR) is 102 cm³/mol. The van der Waals surface area contributed by atoms with E-state index in [1.54, 1.807) is 6.20 Å². The van der Waals surface area contributed by atoms with Crippen molar-refractivity contribution >= 4 is 28.5 Å². The average Bonchev–Trinajstić information content (AvgIpc) is 3.39. The molecule has 1 saturated heterocycles. The smallest absolute Gasteiger partial charge is 0.199 e. The number of aryl methyl sites for hydroxylation is 1. The molecule has 0 saturated carbocycles. The zero-order valence-electron chi connectivity index (χ0n) is 15.2. The van der Waals surface area contributed by atoms with E-state index in [2.05, 4.69) is 25.2 Å². The molecule has 3 aromatic rings. The van der Waals surface area contributed by atoms with E-state index in [1.165, 1.54) is 25.9 Å². The minimum atomic E-state index is 0.178. The molecule has 4 heterocycles. The van der Waals surface area contributed by atoms with Gasteiger partial charge in [0.05, 0.1) is 12.8 Å². The van der Waals surface area contributed by atoms with Crippen molar-refractivity contribution in [3.63, 3.8) is 0 Å². The van der Waals surface area contributed by atoms with Crippen LogP contribution in [0.25, 0.3) is 22.6 Å². The largest absolute Gasteiger partial charge is 0.490 e. The van der Waals surface area contributed by atoms with Crippen molar-refractivity contribution in [3.05, 3.63) is 11.3 Å². The number of anilines is 1. The molecule has 0 bridgehead atoms.